The van der Waals surface area contributed by atoms with Crippen molar-refractivity contribution in [3.05, 3.63) is 11.9 Å². The quantitative estimate of drug-likeness (QED) is 0.809. The van der Waals surface area contributed by atoms with Crippen molar-refractivity contribution in [1.29, 1.82) is 0 Å². The fourth-order valence-electron chi connectivity index (χ4n) is 2.91. The van der Waals surface area contributed by atoms with Gasteiger partial charge in [0.15, 0.2) is 0 Å². The number of ether oxygens (including phenoxy) is 1. The lowest BCUT2D eigenvalue weighted by Crippen LogP contribution is -2.46. The van der Waals surface area contributed by atoms with Crippen LogP contribution in [0.3, 0.4) is 0 Å². The van der Waals surface area contributed by atoms with Gasteiger partial charge in [0.2, 0.25) is 5.95 Å². The number of aryl methyl sites for hydroxylation is 2. The lowest BCUT2D eigenvalue weighted by atomic mass is 10.00. The zero-order valence-corrected chi connectivity index (χ0v) is 13.0. The average Bonchev–Trinajstić information content (AvgIpc) is 2.76. The normalized spacial score (nSPS) is 23.3. The number of imidazole rings is 1. The third-order valence-electron chi connectivity index (χ3n) is 3.94. The molecule has 2 rings (SSSR count). The Morgan fingerprint density at radius 1 is 1.50 bits per heavy atom. The number of nitrogens with two attached hydrogens (primary N) is 1. The summed E-state index contributed by atoms with van der Waals surface area (Å²) in [6.45, 7) is 9.90. The van der Waals surface area contributed by atoms with Crippen LogP contribution in [-0.2, 0) is 11.3 Å². The van der Waals surface area contributed by atoms with E-state index in [4.69, 9.17) is 15.5 Å². The van der Waals surface area contributed by atoms with E-state index in [9.17, 15) is 0 Å². The molecule has 0 saturated carbocycles. The molecule has 2 N–H and O–H groups in total. The Bertz CT molecular complexity index is 418. The Morgan fingerprint density at radius 2 is 2.30 bits per heavy atom. The summed E-state index contributed by atoms with van der Waals surface area (Å²) in [5.74, 6) is 1.10. The summed E-state index contributed by atoms with van der Waals surface area (Å²) in [6, 6.07) is 0.801. The first-order valence-corrected chi connectivity index (χ1v) is 7.75. The predicted octanol–water partition coefficient (Wildman–Crippen LogP) is 1.93. The van der Waals surface area contributed by atoms with E-state index in [1.54, 1.807) is 0 Å². The molecule has 0 amide bonds. The second-order valence-corrected chi connectivity index (χ2v) is 5.75. The van der Waals surface area contributed by atoms with Gasteiger partial charge < -0.3 is 19.9 Å². The second kappa shape index (κ2) is 7.09. The smallest absolute Gasteiger partial charge is 0.205 e. The van der Waals surface area contributed by atoms with Crippen molar-refractivity contribution in [1.82, 2.24) is 9.55 Å². The fourth-order valence-corrected chi connectivity index (χ4v) is 2.91. The first kappa shape index (κ1) is 15.3. The molecule has 2 unspecified atom stereocenters. The maximum atomic E-state index is 6.05. The van der Waals surface area contributed by atoms with E-state index < -0.39 is 0 Å². The molecule has 5 heteroatoms. The summed E-state index contributed by atoms with van der Waals surface area (Å²) in [7, 11) is 0. The molecule has 2 atom stereocenters. The summed E-state index contributed by atoms with van der Waals surface area (Å²) < 4.78 is 7.68. The number of hydrogen-bond donors (Lipinski definition) is 1. The molecule has 1 saturated heterocycles. The molecular formula is C15H28N4O. The third kappa shape index (κ3) is 3.73. The molecule has 1 fully saturated rings. The monoisotopic (exact) mass is 280 g/mol. The molecule has 5 nitrogen and oxygen atoms in total. The first-order chi connectivity index (χ1) is 9.61. The number of nitrogens with zero attached hydrogens (tertiary/aromatic N) is 3. The lowest BCUT2D eigenvalue weighted by Gasteiger charge is -2.37. The van der Waals surface area contributed by atoms with Crippen LogP contribution >= 0.6 is 0 Å². The molecule has 0 bridgehead atoms. The van der Waals surface area contributed by atoms with Gasteiger partial charge in [-0.2, -0.15) is 0 Å². The van der Waals surface area contributed by atoms with E-state index in [0.29, 0.717) is 12.1 Å². The molecular weight excluding hydrogens is 252 g/mol. The minimum atomic E-state index is 0.337. The Morgan fingerprint density at radius 3 is 3.00 bits per heavy atom. The van der Waals surface area contributed by atoms with Crippen molar-refractivity contribution in [3.63, 3.8) is 0 Å². The predicted molar refractivity (Wildman–Crippen MR) is 82.1 cm³/mol. The molecule has 20 heavy (non-hydrogen) atoms. The summed E-state index contributed by atoms with van der Waals surface area (Å²) in [5, 5.41) is 0. The van der Waals surface area contributed by atoms with Crippen molar-refractivity contribution >= 4 is 5.95 Å². The van der Waals surface area contributed by atoms with Crippen LogP contribution in [0.15, 0.2) is 6.20 Å². The van der Waals surface area contributed by atoms with E-state index in [1.807, 2.05) is 6.92 Å². The van der Waals surface area contributed by atoms with Crippen molar-refractivity contribution in [2.45, 2.75) is 58.7 Å². The van der Waals surface area contributed by atoms with Gasteiger partial charge in [0.25, 0.3) is 0 Å². The van der Waals surface area contributed by atoms with Gasteiger partial charge in [-0.3, -0.25) is 0 Å². The van der Waals surface area contributed by atoms with Crippen LogP contribution in [0.4, 0.5) is 5.95 Å². The maximum absolute atomic E-state index is 6.05. The highest BCUT2D eigenvalue weighted by molar-refractivity contribution is 5.36. The van der Waals surface area contributed by atoms with Crippen LogP contribution in [0, 0.1) is 6.92 Å². The molecule has 1 aromatic heterocycles. The van der Waals surface area contributed by atoms with Gasteiger partial charge in [-0.15, -0.1) is 0 Å². The van der Waals surface area contributed by atoms with Gasteiger partial charge in [-0.25, -0.2) is 4.98 Å². The zero-order valence-electron chi connectivity index (χ0n) is 13.0. The van der Waals surface area contributed by atoms with Crippen LogP contribution in [0.5, 0.6) is 0 Å². The molecule has 0 radical (unpaired) electrons. The van der Waals surface area contributed by atoms with Gasteiger partial charge in [0, 0.05) is 44.6 Å². The second-order valence-electron chi connectivity index (χ2n) is 5.75. The van der Waals surface area contributed by atoms with Crippen molar-refractivity contribution in [2.75, 3.05) is 24.7 Å². The largest absolute Gasteiger partial charge is 0.382 e. The van der Waals surface area contributed by atoms with Crippen LogP contribution in [0.25, 0.3) is 0 Å². The maximum Gasteiger partial charge on any atom is 0.205 e. The number of aromatic nitrogens is 2. The number of piperidine rings is 1. The van der Waals surface area contributed by atoms with E-state index >= 15 is 0 Å². The third-order valence-corrected chi connectivity index (χ3v) is 3.94. The van der Waals surface area contributed by atoms with Gasteiger partial charge >= 0.3 is 0 Å². The van der Waals surface area contributed by atoms with Crippen LogP contribution < -0.4 is 10.6 Å². The molecule has 0 spiro atoms. The van der Waals surface area contributed by atoms with E-state index in [0.717, 1.165) is 57.2 Å². The molecule has 0 aromatic carbocycles. The minimum absolute atomic E-state index is 0.337. The average molecular weight is 280 g/mol. The summed E-state index contributed by atoms with van der Waals surface area (Å²) in [5.41, 5.74) is 7.13. The topological polar surface area (TPSA) is 56.3 Å². The highest BCUT2D eigenvalue weighted by atomic mass is 16.5. The van der Waals surface area contributed by atoms with Crippen molar-refractivity contribution in [2.24, 2.45) is 5.73 Å². The standard InChI is InChI=1S/C15H28N4O/c1-4-20-9-5-7-18-11-12(2)17-15(18)19-8-6-14(16)10-13(19)3/h11,13-14H,4-10,16H2,1-3H3. The SMILES string of the molecule is CCOCCCn1cc(C)nc1N1CCC(N)CC1C. The fraction of sp³-hybridized carbons (Fsp3) is 0.800. The molecule has 114 valence electrons. The molecule has 0 aliphatic carbocycles. The Balaban J connectivity index is 2.03. The highest BCUT2D eigenvalue weighted by Crippen LogP contribution is 2.24. The molecule has 2 heterocycles. The van der Waals surface area contributed by atoms with Gasteiger partial charge in [0.05, 0.1) is 5.69 Å². The molecule has 1 aliphatic heterocycles. The van der Waals surface area contributed by atoms with E-state index in [-0.39, 0.29) is 0 Å². The van der Waals surface area contributed by atoms with Crippen molar-refractivity contribution < 1.29 is 4.74 Å². The molecule has 1 aromatic rings. The highest BCUT2D eigenvalue weighted by Gasteiger charge is 2.26. The lowest BCUT2D eigenvalue weighted by molar-refractivity contribution is 0.141. The Kier molecular flexibility index (Phi) is 5.43. The van der Waals surface area contributed by atoms with Crippen molar-refractivity contribution in [3.8, 4) is 0 Å². The van der Waals surface area contributed by atoms with Crippen LogP contribution in [0.2, 0.25) is 0 Å². The number of rotatable bonds is 6. The van der Waals surface area contributed by atoms with E-state index in [1.165, 1.54) is 0 Å². The zero-order chi connectivity index (χ0) is 14.5. The Labute approximate surface area is 122 Å². The Hall–Kier alpha value is -1.07. The molecule has 1 aliphatic rings. The van der Waals surface area contributed by atoms with Gasteiger partial charge in [-0.05, 0) is 40.0 Å². The van der Waals surface area contributed by atoms with Crippen LogP contribution in [-0.4, -0.2) is 41.4 Å². The van der Waals surface area contributed by atoms with E-state index in [2.05, 4.69) is 29.5 Å². The number of anilines is 1. The number of hydrogen-bond acceptors (Lipinski definition) is 4. The summed E-state index contributed by atoms with van der Waals surface area (Å²) in [4.78, 5) is 7.12. The van der Waals surface area contributed by atoms with Gasteiger partial charge in [0.1, 0.15) is 0 Å². The minimum Gasteiger partial charge on any atom is -0.382 e. The van der Waals surface area contributed by atoms with Gasteiger partial charge in [-0.1, -0.05) is 0 Å². The first-order valence-electron chi connectivity index (χ1n) is 7.75. The summed E-state index contributed by atoms with van der Waals surface area (Å²) in [6.07, 6.45) is 5.26. The summed E-state index contributed by atoms with van der Waals surface area (Å²) >= 11 is 0. The van der Waals surface area contributed by atoms with Crippen LogP contribution in [0.1, 0.15) is 38.8 Å².